The Morgan fingerprint density at radius 2 is 1.79 bits per heavy atom. The first-order valence-electron chi connectivity index (χ1n) is 8.06. The first-order chi connectivity index (χ1) is 11.2. The van der Waals surface area contributed by atoms with Crippen molar-refractivity contribution < 1.29 is 17.9 Å². The van der Waals surface area contributed by atoms with Gasteiger partial charge in [-0.15, -0.1) is 0 Å². The SMILES string of the molecule is COc1ccc(S(=O)(=O)CC(C)C(=O)NC(CN)CC(C)C)cc1. The van der Waals surface area contributed by atoms with Gasteiger partial charge in [-0.25, -0.2) is 8.42 Å². The van der Waals surface area contributed by atoms with Crippen molar-refractivity contribution in [2.75, 3.05) is 19.4 Å². The summed E-state index contributed by atoms with van der Waals surface area (Å²) >= 11 is 0. The van der Waals surface area contributed by atoms with Crippen LogP contribution in [0.15, 0.2) is 29.2 Å². The van der Waals surface area contributed by atoms with E-state index in [1.165, 1.54) is 19.2 Å². The third kappa shape index (κ3) is 6.13. The molecule has 1 rings (SSSR count). The zero-order chi connectivity index (χ0) is 18.3. The van der Waals surface area contributed by atoms with Crippen LogP contribution in [0.5, 0.6) is 5.75 Å². The van der Waals surface area contributed by atoms with Gasteiger partial charge in [0.05, 0.1) is 17.8 Å². The molecule has 2 unspecified atom stereocenters. The van der Waals surface area contributed by atoms with Crippen molar-refractivity contribution in [2.24, 2.45) is 17.6 Å². The molecule has 2 atom stereocenters. The number of benzene rings is 1. The molecule has 0 radical (unpaired) electrons. The summed E-state index contributed by atoms with van der Waals surface area (Å²) in [5.74, 6) is -0.206. The second-order valence-electron chi connectivity index (χ2n) is 6.43. The number of ether oxygens (including phenoxy) is 1. The molecular formula is C17H28N2O4S. The van der Waals surface area contributed by atoms with Gasteiger partial charge < -0.3 is 15.8 Å². The molecule has 6 nitrogen and oxygen atoms in total. The number of amides is 1. The molecule has 1 aromatic rings. The molecule has 0 fully saturated rings. The maximum Gasteiger partial charge on any atom is 0.224 e. The molecule has 0 aromatic heterocycles. The minimum Gasteiger partial charge on any atom is -0.497 e. The van der Waals surface area contributed by atoms with Gasteiger partial charge in [0.2, 0.25) is 5.91 Å². The number of carbonyl (C=O) groups is 1. The molecule has 0 saturated heterocycles. The standard InChI is InChI=1S/C17H28N2O4S/c1-12(2)9-14(10-18)19-17(20)13(3)11-24(21,22)16-7-5-15(23-4)6-8-16/h5-8,12-14H,9-11,18H2,1-4H3,(H,19,20). The predicted molar refractivity (Wildman–Crippen MR) is 94.7 cm³/mol. The van der Waals surface area contributed by atoms with E-state index in [4.69, 9.17) is 10.5 Å². The fourth-order valence-corrected chi connectivity index (χ4v) is 3.96. The number of nitrogens with two attached hydrogens (primary N) is 1. The van der Waals surface area contributed by atoms with Crippen LogP contribution in [0.3, 0.4) is 0 Å². The largest absolute Gasteiger partial charge is 0.497 e. The topological polar surface area (TPSA) is 98.5 Å². The molecule has 0 aliphatic heterocycles. The number of hydrogen-bond donors (Lipinski definition) is 2. The molecule has 0 spiro atoms. The summed E-state index contributed by atoms with van der Waals surface area (Å²) in [5, 5.41) is 2.84. The number of sulfone groups is 1. The summed E-state index contributed by atoms with van der Waals surface area (Å²) in [6, 6.07) is 6.01. The number of rotatable bonds is 9. The zero-order valence-electron chi connectivity index (χ0n) is 14.8. The van der Waals surface area contributed by atoms with Crippen LogP contribution >= 0.6 is 0 Å². The Hall–Kier alpha value is -1.60. The van der Waals surface area contributed by atoms with Crippen LogP contribution in [0.1, 0.15) is 27.2 Å². The second kappa shape index (κ2) is 9.03. The van der Waals surface area contributed by atoms with E-state index in [-0.39, 0.29) is 22.6 Å². The molecule has 136 valence electrons. The predicted octanol–water partition coefficient (Wildman–Crippen LogP) is 1.59. The minimum absolute atomic E-state index is 0.136. The molecule has 0 aliphatic carbocycles. The van der Waals surface area contributed by atoms with E-state index in [0.717, 1.165) is 6.42 Å². The Balaban J connectivity index is 2.73. The first kappa shape index (κ1) is 20.4. The lowest BCUT2D eigenvalue weighted by molar-refractivity contribution is -0.124. The Kier molecular flexibility index (Phi) is 7.69. The molecule has 0 heterocycles. The lowest BCUT2D eigenvalue weighted by Crippen LogP contribution is -2.44. The first-order valence-corrected chi connectivity index (χ1v) is 9.72. The quantitative estimate of drug-likeness (QED) is 0.700. The van der Waals surface area contributed by atoms with Gasteiger partial charge in [-0.2, -0.15) is 0 Å². The summed E-state index contributed by atoms with van der Waals surface area (Å²) in [5.41, 5.74) is 5.67. The van der Waals surface area contributed by atoms with Crippen molar-refractivity contribution in [3.63, 3.8) is 0 Å². The Morgan fingerprint density at radius 3 is 2.25 bits per heavy atom. The van der Waals surface area contributed by atoms with E-state index in [9.17, 15) is 13.2 Å². The Labute approximate surface area is 144 Å². The Bertz CT molecular complexity index is 626. The summed E-state index contributed by atoms with van der Waals surface area (Å²) in [4.78, 5) is 12.4. The van der Waals surface area contributed by atoms with Gasteiger partial charge in [-0.1, -0.05) is 20.8 Å². The van der Waals surface area contributed by atoms with Crippen LogP contribution in [0.2, 0.25) is 0 Å². The Morgan fingerprint density at radius 1 is 1.21 bits per heavy atom. The molecule has 0 saturated carbocycles. The van der Waals surface area contributed by atoms with Gasteiger partial charge in [-0.05, 0) is 36.6 Å². The van der Waals surface area contributed by atoms with Gasteiger partial charge in [-0.3, -0.25) is 4.79 Å². The minimum atomic E-state index is -3.54. The lowest BCUT2D eigenvalue weighted by atomic mass is 10.0. The fourth-order valence-electron chi connectivity index (χ4n) is 2.41. The maximum atomic E-state index is 12.4. The van der Waals surface area contributed by atoms with Gasteiger partial charge in [0.1, 0.15) is 5.75 Å². The van der Waals surface area contributed by atoms with Crippen molar-refractivity contribution in [1.29, 1.82) is 0 Å². The van der Waals surface area contributed by atoms with Crippen molar-refractivity contribution in [1.82, 2.24) is 5.32 Å². The summed E-state index contributed by atoms with van der Waals surface area (Å²) < 4.78 is 29.9. The number of hydrogen-bond acceptors (Lipinski definition) is 5. The van der Waals surface area contributed by atoms with E-state index in [0.29, 0.717) is 18.2 Å². The number of nitrogens with one attached hydrogen (secondary N) is 1. The van der Waals surface area contributed by atoms with Crippen LogP contribution in [-0.2, 0) is 14.6 Å². The third-order valence-corrected chi connectivity index (χ3v) is 5.65. The van der Waals surface area contributed by atoms with E-state index >= 15 is 0 Å². The van der Waals surface area contributed by atoms with E-state index < -0.39 is 15.8 Å². The van der Waals surface area contributed by atoms with E-state index in [2.05, 4.69) is 5.32 Å². The van der Waals surface area contributed by atoms with Crippen molar-refractivity contribution in [3.8, 4) is 5.75 Å². The summed E-state index contributed by atoms with van der Waals surface area (Å²) in [6.07, 6.45) is 0.764. The smallest absolute Gasteiger partial charge is 0.224 e. The van der Waals surface area contributed by atoms with Gasteiger partial charge in [0.25, 0.3) is 0 Å². The highest BCUT2D eigenvalue weighted by molar-refractivity contribution is 7.91. The van der Waals surface area contributed by atoms with Gasteiger partial charge >= 0.3 is 0 Å². The fraction of sp³-hybridized carbons (Fsp3) is 0.588. The van der Waals surface area contributed by atoms with Gasteiger partial charge in [0.15, 0.2) is 9.84 Å². The molecule has 7 heteroatoms. The molecule has 24 heavy (non-hydrogen) atoms. The van der Waals surface area contributed by atoms with Crippen molar-refractivity contribution in [3.05, 3.63) is 24.3 Å². The van der Waals surface area contributed by atoms with Crippen molar-refractivity contribution >= 4 is 15.7 Å². The molecule has 1 aromatic carbocycles. The highest BCUT2D eigenvalue weighted by atomic mass is 32.2. The van der Waals surface area contributed by atoms with Gasteiger partial charge in [0, 0.05) is 18.5 Å². The van der Waals surface area contributed by atoms with Crippen LogP contribution in [0, 0.1) is 11.8 Å². The highest BCUT2D eigenvalue weighted by Gasteiger charge is 2.25. The summed E-state index contributed by atoms with van der Waals surface area (Å²) in [7, 11) is -2.03. The number of methoxy groups -OCH3 is 1. The maximum absolute atomic E-state index is 12.4. The lowest BCUT2D eigenvalue weighted by Gasteiger charge is -2.21. The van der Waals surface area contributed by atoms with Crippen molar-refractivity contribution in [2.45, 2.75) is 38.1 Å². The molecule has 3 N–H and O–H groups in total. The highest BCUT2D eigenvalue weighted by Crippen LogP contribution is 2.18. The molecular weight excluding hydrogens is 328 g/mol. The average Bonchev–Trinajstić information content (AvgIpc) is 2.53. The average molecular weight is 356 g/mol. The third-order valence-electron chi connectivity index (χ3n) is 3.72. The monoisotopic (exact) mass is 356 g/mol. The molecule has 1 amide bonds. The van der Waals surface area contributed by atoms with E-state index in [1.54, 1.807) is 19.1 Å². The molecule has 0 bridgehead atoms. The van der Waals surface area contributed by atoms with Crippen LogP contribution in [0.4, 0.5) is 0 Å². The zero-order valence-corrected chi connectivity index (χ0v) is 15.6. The molecule has 0 aliphatic rings. The number of carbonyl (C=O) groups excluding carboxylic acids is 1. The van der Waals surface area contributed by atoms with Crippen LogP contribution in [-0.4, -0.2) is 39.8 Å². The normalized spacial score (nSPS) is 14.2. The second-order valence-corrected chi connectivity index (χ2v) is 8.46. The van der Waals surface area contributed by atoms with Crippen LogP contribution in [0.25, 0.3) is 0 Å². The van der Waals surface area contributed by atoms with E-state index in [1.807, 2.05) is 13.8 Å². The van der Waals surface area contributed by atoms with Crippen LogP contribution < -0.4 is 15.8 Å². The summed E-state index contributed by atoms with van der Waals surface area (Å²) in [6.45, 7) is 6.04.